The van der Waals surface area contributed by atoms with Crippen LogP contribution in [0.3, 0.4) is 0 Å². The molecule has 0 fully saturated rings. The number of carboxylic acids is 1. The summed E-state index contributed by atoms with van der Waals surface area (Å²) in [4.78, 5) is 14.7. The van der Waals surface area contributed by atoms with Crippen molar-refractivity contribution >= 4 is 17.6 Å². The molecule has 1 unspecified atom stereocenters. The van der Waals surface area contributed by atoms with Gasteiger partial charge in [0.15, 0.2) is 0 Å². The first-order chi connectivity index (χ1) is 6.97. The fourth-order valence-corrected chi connectivity index (χ4v) is 1.49. The molecule has 0 saturated carbocycles. The lowest BCUT2D eigenvalue weighted by atomic mass is 10.3. The maximum absolute atomic E-state index is 10.6. The van der Waals surface area contributed by atoms with Crippen molar-refractivity contribution in [3.05, 3.63) is 0 Å². The minimum Gasteiger partial charge on any atom is -0.480 e. The second kappa shape index (κ2) is 7.91. The molecule has 0 aromatic carbocycles. The van der Waals surface area contributed by atoms with Gasteiger partial charge in [0.2, 0.25) is 0 Å². The molecule has 0 spiro atoms. The van der Waals surface area contributed by atoms with Gasteiger partial charge in [-0.3, -0.25) is 4.79 Å². The van der Waals surface area contributed by atoms with Gasteiger partial charge in [-0.1, -0.05) is 6.92 Å². The van der Waals surface area contributed by atoms with E-state index in [0.717, 1.165) is 26.1 Å². The molecule has 4 nitrogen and oxygen atoms in total. The third-order valence-corrected chi connectivity index (χ3v) is 2.54. The van der Waals surface area contributed by atoms with Crippen LogP contribution in [-0.4, -0.2) is 66.5 Å². The number of rotatable bonds is 8. The summed E-state index contributed by atoms with van der Waals surface area (Å²) in [6.45, 7) is 5.17. The Balaban J connectivity index is 3.77. The highest BCUT2D eigenvalue weighted by Gasteiger charge is 2.16. The van der Waals surface area contributed by atoms with Crippen LogP contribution in [0.1, 0.15) is 13.3 Å². The first-order valence-corrected chi connectivity index (χ1v) is 5.65. The summed E-state index contributed by atoms with van der Waals surface area (Å²) in [6.07, 6.45) is 1.03. The van der Waals surface area contributed by atoms with Crippen molar-refractivity contribution in [3.63, 3.8) is 0 Å². The van der Waals surface area contributed by atoms with Crippen LogP contribution in [0.25, 0.3) is 0 Å². The number of aliphatic carboxylic acids is 1. The lowest BCUT2D eigenvalue weighted by Crippen LogP contribution is -2.35. The normalized spacial score (nSPS) is 13.5. The Hall–Kier alpha value is -0.320. The second-order valence-corrected chi connectivity index (χ2v) is 4.38. The fraction of sp³-hybridized carbons (Fsp3) is 0.900. The third kappa shape index (κ3) is 7.59. The van der Waals surface area contributed by atoms with Crippen molar-refractivity contribution in [1.29, 1.82) is 0 Å². The molecule has 0 rings (SSSR count). The number of hydrogen-bond donors (Lipinski definition) is 1. The van der Waals surface area contributed by atoms with Crippen LogP contribution >= 0.6 is 11.6 Å². The quantitative estimate of drug-likeness (QED) is 0.638. The first-order valence-electron chi connectivity index (χ1n) is 5.21. The lowest BCUT2D eigenvalue weighted by molar-refractivity contribution is -0.136. The third-order valence-electron chi connectivity index (χ3n) is 2.21. The maximum Gasteiger partial charge on any atom is 0.322 e. The van der Waals surface area contributed by atoms with Crippen molar-refractivity contribution in [1.82, 2.24) is 9.80 Å². The molecule has 0 heterocycles. The molecule has 0 aliphatic rings. The highest BCUT2D eigenvalue weighted by atomic mass is 35.5. The summed E-state index contributed by atoms with van der Waals surface area (Å²) >= 11 is 5.68. The topological polar surface area (TPSA) is 43.8 Å². The molecule has 0 radical (unpaired) electrons. The van der Waals surface area contributed by atoms with Crippen LogP contribution < -0.4 is 0 Å². The summed E-state index contributed by atoms with van der Waals surface area (Å²) < 4.78 is 0. The summed E-state index contributed by atoms with van der Waals surface area (Å²) in [5, 5.41) is 7.87. The Morgan fingerprint density at radius 3 is 2.40 bits per heavy atom. The van der Waals surface area contributed by atoms with Gasteiger partial charge in [0.1, 0.15) is 5.38 Å². The van der Waals surface area contributed by atoms with Crippen LogP contribution in [0.2, 0.25) is 0 Å². The zero-order valence-electron chi connectivity index (χ0n) is 9.74. The van der Waals surface area contributed by atoms with Crippen LogP contribution in [0.15, 0.2) is 0 Å². The van der Waals surface area contributed by atoms with Crippen LogP contribution in [0.5, 0.6) is 0 Å². The van der Waals surface area contributed by atoms with Crippen LogP contribution in [-0.2, 0) is 4.79 Å². The molecule has 15 heavy (non-hydrogen) atoms. The zero-order valence-corrected chi connectivity index (χ0v) is 10.5. The van der Waals surface area contributed by atoms with E-state index in [4.69, 9.17) is 16.7 Å². The Morgan fingerprint density at radius 1 is 1.40 bits per heavy atom. The molecule has 0 aromatic heterocycles. The predicted octanol–water partition coefficient (Wildman–Crippen LogP) is 0.952. The van der Waals surface area contributed by atoms with Crippen LogP contribution in [0.4, 0.5) is 0 Å². The van der Waals surface area contributed by atoms with Gasteiger partial charge >= 0.3 is 5.97 Å². The molecular weight excluding hydrogens is 216 g/mol. The smallest absolute Gasteiger partial charge is 0.322 e. The Kier molecular flexibility index (Phi) is 7.74. The molecule has 0 aliphatic heterocycles. The minimum absolute atomic E-state index is 0.417. The highest BCUT2D eigenvalue weighted by molar-refractivity contribution is 6.29. The van der Waals surface area contributed by atoms with Gasteiger partial charge in [-0.15, -0.1) is 11.6 Å². The van der Waals surface area contributed by atoms with Gasteiger partial charge < -0.3 is 14.9 Å². The van der Waals surface area contributed by atoms with Crippen molar-refractivity contribution in [2.24, 2.45) is 0 Å². The second-order valence-electron chi connectivity index (χ2n) is 3.86. The average Bonchev–Trinajstić information content (AvgIpc) is 2.15. The average molecular weight is 237 g/mol. The van der Waals surface area contributed by atoms with Gasteiger partial charge in [-0.05, 0) is 40.2 Å². The van der Waals surface area contributed by atoms with E-state index in [0.29, 0.717) is 6.54 Å². The molecular formula is C10H21ClN2O2. The van der Waals surface area contributed by atoms with Crippen molar-refractivity contribution < 1.29 is 9.90 Å². The maximum atomic E-state index is 10.6. The minimum atomic E-state index is -0.942. The SMILES string of the molecule is CCN(CCCN(C)C)CC(Cl)C(=O)O. The van der Waals surface area contributed by atoms with Gasteiger partial charge in [0.05, 0.1) is 0 Å². The Morgan fingerprint density at radius 2 is 2.00 bits per heavy atom. The van der Waals surface area contributed by atoms with Crippen LogP contribution in [0, 0.1) is 0 Å². The summed E-state index contributed by atoms with van der Waals surface area (Å²) in [5.41, 5.74) is 0. The lowest BCUT2D eigenvalue weighted by Gasteiger charge is -2.22. The van der Waals surface area contributed by atoms with Crippen molar-refractivity contribution in [2.45, 2.75) is 18.7 Å². The Bertz CT molecular complexity index is 188. The number of nitrogens with zero attached hydrogens (tertiary/aromatic N) is 2. The molecule has 1 atom stereocenters. The van der Waals surface area contributed by atoms with Gasteiger partial charge in [-0.25, -0.2) is 0 Å². The molecule has 0 saturated heterocycles. The molecule has 1 N–H and O–H groups in total. The monoisotopic (exact) mass is 236 g/mol. The summed E-state index contributed by atoms with van der Waals surface area (Å²) in [6, 6.07) is 0. The number of alkyl halides is 1. The van der Waals surface area contributed by atoms with E-state index in [2.05, 4.69) is 9.80 Å². The van der Waals surface area contributed by atoms with E-state index in [-0.39, 0.29) is 0 Å². The molecule has 0 aromatic rings. The van der Waals surface area contributed by atoms with Gasteiger partial charge in [0, 0.05) is 6.54 Å². The largest absolute Gasteiger partial charge is 0.480 e. The van der Waals surface area contributed by atoms with E-state index in [1.165, 1.54) is 0 Å². The number of carbonyl (C=O) groups is 1. The highest BCUT2D eigenvalue weighted by Crippen LogP contribution is 2.01. The van der Waals surface area contributed by atoms with Crippen molar-refractivity contribution in [3.8, 4) is 0 Å². The first kappa shape index (κ1) is 14.7. The molecule has 90 valence electrons. The van der Waals surface area contributed by atoms with E-state index >= 15 is 0 Å². The predicted molar refractivity (Wildman–Crippen MR) is 62.6 cm³/mol. The summed E-state index contributed by atoms with van der Waals surface area (Å²) in [5.74, 6) is -0.942. The fourth-order valence-electron chi connectivity index (χ4n) is 1.29. The van der Waals surface area contributed by atoms with E-state index in [9.17, 15) is 4.79 Å². The number of hydrogen-bond acceptors (Lipinski definition) is 3. The Labute approximate surface area is 96.8 Å². The summed E-state index contributed by atoms with van der Waals surface area (Å²) in [7, 11) is 4.05. The molecule has 5 heteroatoms. The number of halogens is 1. The molecule has 0 amide bonds. The van der Waals surface area contributed by atoms with E-state index in [1.54, 1.807) is 0 Å². The number of carboxylic acid groups (broad SMARTS) is 1. The standard InChI is InChI=1S/C10H21ClN2O2/c1-4-13(7-5-6-12(2)3)8-9(11)10(14)15/h9H,4-8H2,1-3H3,(H,14,15). The molecule has 0 aliphatic carbocycles. The van der Waals surface area contributed by atoms with Crippen molar-refractivity contribution in [2.75, 3.05) is 40.3 Å². The van der Waals surface area contributed by atoms with Gasteiger partial charge in [0.25, 0.3) is 0 Å². The van der Waals surface area contributed by atoms with E-state index in [1.807, 2.05) is 21.0 Å². The van der Waals surface area contributed by atoms with E-state index < -0.39 is 11.3 Å². The molecule has 0 bridgehead atoms. The zero-order chi connectivity index (χ0) is 11.8. The van der Waals surface area contributed by atoms with Gasteiger partial charge in [-0.2, -0.15) is 0 Å².